The summed E-state index contributed by atoms with van der Waals surface area (Å²) in [6.45, 7) is 4.06. The van der Waals surface area contributed by atoms with E-state index in [1.807, 2.05) is 43.0 Å². The molecule has 7 heteroatoms. The first-order chi connectivity index (χ1) is 13.0. The molecule has 3 heterocycles. The van der Waals surface area contributed by atoms with Crippen LogP contribution < -0.4 is 5.32 Å². The Morgan fingerprint density at radius 1 is 1.26 bits per heavy atom. The molecule has 5 nitrogen and oxygen atoms in total. The molecule has 0 radical (unpaired) electrons. The molecule has 138 valence electrons. The van der Waals surface area contributed by atoms with Gasteiger partial charge in [-0.25, -0.2) is 4.39 Å². The highest BCUT2D eigenvalue weighted by Crippen LogP contribution is 2.28. The topological polar surface area (TPSA) is 51.9 Å². The van der Waals surface area contributed by atoms with Gasteiger partial charge in [0, 0.05) is 12.6 Å². The lowest BCUT2D eigenvalue weighted by atomic mass is 10.2. The summed E-state index contributed by atoms with van der Waals surface area (Å²) in [5, 5.41) is 9.29. The third-order valence-electron chi connectivity index (χ3n) is 4.79. The van der Waals surface area contributed by atoms with Gasteiger partial charge in [-0.3, -0.25) is 9.48 Å². The van der Waals surface area contributed by atoms with Crippen LogP contribution in [0.25, 0.3) is 10.2 Å². The molecule has 0 saturated carbocycles. The van der Waals surface area contributed by atoms with Gasteiger partial charge in [0.05, 0.1) is 33.8 Å². The first kappa shape index (κ1) is 17.5. The van der Waals surface area contributed by atoms with Gasteiger partial charge in [0.25, 0.3) is 5.91 Å². The first-order valence-electron chi connectivity index (χ1n) is 8.57. The highest BCUT2D eigenvalue weighted by molar-refractivity contribution is 7.17. The lowest BCUT2D eigenvalue weighted by Gasteiger charge is -2.12. The van der Waals surface area contributed by atoms with Crippen molar-refractivity contribution in [1.82, 2.24) is 14.3 Å². The molecule has 0 bridgehead atoms. The molecule has 4 aromatic rings. The molecule has 1 N–H and O–H groups in total. The number of carbonyl (C=O) groups is 1. The van der Waals surface area contributed by atoms with Crippen LogP contribution >= 0.6 is 11.3 Å². The maximum Gasteiger partial charge on any atom is 0.272 e. The van der Waals surface area contributed by atoms with Crippen molar-refractivity contribution in [2.75, 3.05) is 5.32 Å². The average molecular weight is 382 g/mol. The zero-order valence-electron chi connectivity index (χ0n) is 15.3. The second-order valence-electron chi connectivity index (χ2n) is 6.50. The van der Waals surface area contributed by atoms with Crippen LogP contribution in [0.4, 0.5) is 10.1 Å². The fraction of sp³-hybridized carbons (Fsp3) is 0.200. The molecule has 4 rings (SSSR count). The van der Waals surface area contributed by atoms with E-state index in [4.69, 9.17) is 0 Å². The lowest BCUT2D eigenvalue weighted by Crippen LogP contribution is -2.18. The maximum absolute atomic E-state index is 14.2. The Morgan fingerprint density at radius 3 is 2.74 bits per heavy atom. The van der Waals surface area contributed by atoms with E-state index in [1.165, 1.54) is 6.07 Å². The van der Waals surface area contributed by atoms with E-state index in [0.717, 1.165) is 21.6 Å². The number of fused-ring (bicyclic) bond motifs is 1. The Morgan fingerprint density at radius 2 is 2.04 bits per heavy atom. The number of benzene rings is 1. The quantitative estimate of drug-likeness (QED) is 0.565. The zero-order valence-corrected chi connectivity index (χ0v) is 16.1. The van der Waals surface area contributed by atoms with Crippen LogP contribution in [0, 0.1) is 19.7 Å². The Hall–Kier alpha value is -2.93. The summed E-state index contributed by atoms with van der Waals surface area (Å²) in [6, 6.07) is 10.5. The van der Waals surface area contributed by atoms with Crippen LogP contribution in [-0.4, -0.2) is 20.3 Å². The van der Waals surface area contributed by atoms with Crippen molar-refractivity contribution >= 4 is 33.1 Å². The number of nitrogens with zero attached hydrogens (tertiary/aromatic N) is 3. The summed E-state index contributed by atoms with van der Waals surface area (Å²) < 4.78 is 18.8. The molecule has 27 heavy (non-hydrogen) atoms. The third-order valence-corrected chi connectivity index (χ3v) is 5.64. The monoisotopic (exact) mass is 382 g/mol. The smallest absolute Gasteiger partial charge is 0.272 e. The molecule has 3 aromatic heterocycles. The van der Waals surface area contributed by atoms with Crippen LogP contribution in [0.5, 0.6) is 0 Å². The molecule has 0 fully saturated rings. The molecule has 1 aromatic carbocycles. The molecule has 1 amide bonds. The van der Waals surface area contributed by atoms with Gasteiger partial charge in [0.2, 0.25) is 0 Å². The molecule has 0 atom stereocenters. The van der Waals surface area contributed by atoms with Gasteiger partial charge in [-0.15, -0.1) is 11.3 Å². The van der Waals surface area contributed by atoms with Crippen LogP contribution in [-0.2, 0) is 13.6 Å². The first-order valence-corrected chi connectivity index (χ1v) is 9.45. The van der Waals surface area contributed by atoms with Gasteiger partial charge < -0.3 is 9.88 Å². The van der Waals surface area contributed by atoms with E-state index < -0.39 is 0 Å². The van der Waals surface area contributed by atoms with Gasteiger partial charge in [-0.05, 0) is 37.4 Å². The van der Waals surface area contributed by atoms with Gasteiger partial charge in [-0.1, -0.05) is 18.2 Å². The van der Waals surface area contributed by atoms with Crippen molar-refractivity contribution in [1.29, 1.82) is 0 Å². The Kier molecular flexibility index (Phi) is 4.31. The summed E-state index contributed by atoms with van der Waals surface area (Å²) in [7, 11) is 1.84. The number of amides is 1. The molecule has 0 aliphatic heterocycles. The van der Waals surface area contributed by atoms with Crippen molar-refractivity contribution in [3.63, 3.8) is 0 Å². The SMILES string of the molecule is Cc1nn(C)c(C)c1NC(=O)c1cc2sccc2n1Cc1ccccc1F. The molecular formula is C20H19FN4OS. The minimum absolute atomic E-state index is 0.228. The number of hydrogen-bond acceptors (Lipinski definition) is 3. The van der Waals surface area contributed by atoms with Crippen molar-refractivity contribution < 1.29 is 9.18 Å². The minimum Gasteiger partial charge on any atom is -0.331 e. The third kappa shape index (κ3) is 3.04. The number of hydrogen-bond donors (Lipinski definition) is 1. The highest BCUT2D eigenvalue weighted by atomic mass is 32.1. The van der Waals surface area contributed by atoms with E-state index in [-0.39, 0.29) is 11.7 Å². The van der Waals surface area contributed by atoms with E-state index in [2.05, 4.69) is 10.4 Å². The Balaban J connectivity index is 1.74. The van der Waals surface area contributed by atoms with Gasteiger partial charge >= 0.3 is 0 Å². The minimum atomic E-state index is -0.278. The summed E-state index contributed by atoms with van der Waals surface area (Å²) in [5.41, 5.74) is 4.33. The summed E-state index contributed by atoms with van der Waals surface area (Å²) >= 11 is 1.56. The maximum atomic E-state index is 14.2. The standard InChI is InChI=1S/C20H19FN4OS/c1-12-19(13(2)24(3)23-12)22-20(26)17-10-18-16(8-9-27-18)25(17)11-14-6-4-5-7-15(14)21/h4-10H,11H2,1-3H3,(H,22,26). The van der Waals surface area contributed by atoms with Gasteiger partial charge in [0.1, 0.15) is 11.5 Å². The highest BCUT2D eigenvalue weighted by Gasteiger charge is 2.20. The number of nitrogens with one attached hydrogen (secondary N) is 1. The van der Waals surface area contributed by atoms with Gasteiger partial charge in [-0.2, -0.15) is 5.10 Å². The number of aryl methyl sites for hydroxylation is 2. The van der Waals surface area contributed by atoms with E-state index in [0.29, 0.717) is 23.5 Å². The normalized spacial score (nSPS) is 11.3. The number of carbonyl (C=O) groups excluding carboxylic acids is 1. The molecule has 0 aliphatic carbocycles. The Bertz CT molecular complexity index is 1150. The molecular weight excluding hydrogens is 363 g/mol. The summed E-state index contributed by atoms with van der Waals surface area (Å²) in [6.07, 6.45) is 0. The summed E-state index contributed by atoms with van der Waals surface area (Å²) in [4.78, 5) is 13.0. The van der Waals surface area contributed by atoms with Crippen molar-refractivity contribution in [3.05, 3.63) is 70.2 Å². The van der Waals surface area contributed by atoms with Crippen LogP contribution in [0.2, 0.25) is 0 Å². The van der Waals surface area contributed by atoms with Gasteiger partial charge in [0.15, 0.2) is 0 Å². The van der Waals surface area contributed by atoms with Crippen LogP contribution in [0.3, 0.4) is 0 Å². The van der Waals surface area contributed by atoms with Crippen LogP contribution in [0.15, 0.2) is 41.8 Å². The van der Waals surface area contributed by atoms with E-state index in [9.17, 15) is 9.18 Å². The lowest BCUT2D eigenvalue weighted by molar-refractivity contribution is 0.101. The molecule has 0 saturated heterocycles. The number of aromatic nitrogens is 3. The molecule has 0 spiro atoms. The zero-order chi connectivity index (χ0) is 19.1. The van der Waals surface area contributed by atoms with E-state index in [1.54, 1.807) is 34.2 Å². The van der Waals surface area contributed by atoms with E-state index >= 15 is 0 Å². The Labute approximate surface area is 160 Å². The fourth-order valence-corrected chi connectivity index (χ4v) is 4.09. The molecule has 0 unspecified atom stereocenters. The fourth-order valence-electron chi connectivity index (χ4n) is 3.26. The number of anilines is 1. The number of halogens is 1. The molecule has 0 aliphatic rings. The predicted octanol–water partition coefficient (Wildman–Crippen LogP) is 4.49. The van der Waals surface area contributed by atoms with Crippen molar-refractivity contribution in [2.45, 2.75) is 20.4 Å². The largest absolute Gasteiger partial charge is 0.331 e. The number of thiophene rings is 1. The van der Waals surface area contributed by atoms with Crippen molar-refractivity contribution in [2.24, 2.45) is 7.05 Å². The second-order valence-corrected chi connectivity index (χ2v) is 7.45. The average Bonchev–Trinajstić information content (AvgIpc) is 3.28. The van der Waals surface area contributed by atoms with Crippen LogP contribution in [0.1, 0.15) is 27.4 Å². The predicted molar refractivity (Wildman–Crippen MR) is 106 cm³/mol. The van der Waals surface area contributed by atoms with Crippen molar-refractivity contribution in [3.8, 4) is 0 Å². The summed E-state index contributed by atoms with van der Waals surface area (Å²) in [5.74, 6) is -0.506. The number of rotatable bonds is 4. The second kappa shape index (κ2) is 6.66.